The largest absolute Gasteiger partial charge is 0.323 e. The van der Waals surface area contributed by atoms with Gasteiger partial charge in [-0.1, -0.05) is 22.0 Å². The summed E-state index contributed by atoms with van der Waals surface area (Å²) in [6.45, 7) is 0. The maximum Gasteiger partial charge on any atom is 0.132 e. The van der Waals surface area contributed by atoms with Gasteiger partial charge < -0.3 is 10.3 Å². The Morgan fingerprint density at radius 3 is 2.90 bits per heavy atom. The van der Waals surface area contributed by atoms with E-state index in [0.29, 0.717) is 6.04 Å². The minimum atomic E-state index is -0.137. The van der Waals surface area contributed by atoms with E-state index in [0.717, 1.165) is 15.8 Å². The van der Waals surface area contributed by atoms with E-state index < -0.39 is 0 Å². The van der Waals surface area contributed by atoms with Gasteiger partial charge in [0.25, 0.3) is 0 Å². The number of nitrogens with zero attached hydrogens (tertiary/aromatic N) is 2. The van der Waals surface area contributed by atoms with E-state index in [1.165, 1.54) is 23.2 Å². The first-order chi connectivity index (χ1) is 9.74. The predicted molar refractivity (Wildman–Crippen MR) is 86.1 cm³/mol. The van der Waals surface area contributed by atoms with Gasteiger partial charge in [0.15, 0.2) is 0 Å². The molecule has 1 aromatic carbocycles. The Kier molecular flexibility index (Phi) is 2.94. The lowest BCUT2D eigenvalue weighted by Crippen LogP contribution is -2.16. The van der Waals surface area contributed by atoms with Gasteiger partial charge in [-0.15, -0.1) is 11.3 Å². The average Bonchev–Trinajstić information content (AvgIpc) is 3.01. The average molecular weight is 348 g/mol. The summed E-state index contributed by atoms with van der Waals surface area (Å²) in [5, 5.41) is 2.07. The summed E-state index contributed by atoms with van der Waals surface area (Å²) in [7, 11) is 0. The molecule has 1 aliphatic rings. The quantitative estimate of drug-likeness (QED) is 0.769. The molecule has 0 bridgehead atoms. The molecular formula is C15H14BrN3S. The van der Waals surface area contributed by atoms with Crippen LogP contribution in [0, 0.1) is 0 Å². The molecule has 4 rings (SSSR count). The molecule has 20 heavy (non-hydrogen) atoms. The van der Waals surface area contributed by atoms with E-state index in [-0.39, 0.29) is 6.04 Å². The molecule has 1 fully saturated rings. The number of nitrogens with two attached hydrogens (primary N) is 1. The van der Waals surface area contributed by atoms with Crippen LogP contribution in [0.1, 0.15) is 35.6 Å². The van der Waals surface area contributed by atoms with Crippen LogP contribution >= 0.6 is 27.3 Å². The summed E-state index contributed by atoms with van der Waals surface area (Å²) < 4.78 is 3.40. The molecule has 1 saturated carbocycles. The third-order valence-electron chi connectivity index (χ3n) is 3.72. The van der Waals surface area contributed by atoms with E-state index in [1.807, 2.05) is 6.07 Å². The van der Waals surface area contributed by atoms with E-state index in [2.05, 4.69) is 50.1 Å². The molecule has 2 N–H and O–H groups in total. The topological polar surface area (TPSA) is 43.8 Å². The van der Waals surface area contributed by atoms with Crippen LogP contribution in [0.25, 0.3) is 11.0 Å². The van der Waals surface area contributed by atoms with Crippen molar-refractivity contribution in [1.82, 2.24) is 9.55 Å². The molecular weight excluding hydrogens is 334 g/mol. The van der Waals surface area contributed by atoms with Crippen molar-refractivity contribution in [2.24, 2.45) is 5.73 Å². The first-order valence-corrected chi connectivity index (χ1v) is 8.37. The number of hydrogen-bond donors (Lipinski definition) is 1. The lowest BCUT2D eigenvalue weighted by molar-refractivity contribution is 0.664. The zero-order chi connectivity index (χ0) is 13.7. The number of imidazole rings is 1. The van der Waals surface area contributed by atoms with E-state index >= 15 is 0 Å². The van der Waals surface area contributed by atoms with Gasteiger partial charge >= 0.3 is 0 Å². The Balaban J connectivity index is 1.91. The molecule has 102 valence electrons. The fourth-order valence-corrected chi connectivity index (χ4v) is 3.69. The fraction of sp³-hybridized carbons (Fsp3) is 0.267. The molecule has 0 aliphatic heterocycles. The molecule has 0 saturated heterocycles. The second kappa shape index (κ2) is 4.69. The molecule has 1 aliphatic carbocycles. The maximum atomic E-state index is 6.44. The van der Waals surface area contributed by atoms with Crippen molar-refractivity contribution >= 4 is 38.3 Å². The van der Waals surface area contributed by atoms with Crippen LogP contribution in [0.2, 0.25) is 0 Å². The van der Waals surface area contributed by atoms with Crippen molar-refractivity contribution in [3.8, 4) is 0 Å². The van der Waals surface area contributed by atoms with Crippen molar-refractivity contribution < 1.29 is 0 Å². The summed E-state index contributed by atoms with van der Waals surface area (Å²) >= 11 is 5.21. The monoisotopic (exact) mass is 347 g/mol. The summed E-state index contributed by atoms with van der Waals surface area (Å²) in [5.41, 5.74) is 8.66. The predicted octanol–water partition coefficient (Wildman–Crippen LogP) is 4.24. The van der Waals surface area contributed by atoms with Crippen LogP contribution < -0.4 is 5.73 Å². The van der Waals surface area contributed by atoms with Crippen LogP contribution in [0.4, 0.5) is 0 Å². The highest BCUT2D eigenvalue weighted by molar-refractivity contribution is 9.10. The van der Waals surface area contributed by atoms with E-state index in [9.17, 15) is 0 Å². The molecule has 5 heteroatoms. The summed E-state index contributed by atoms with van der Waals surface area (Å²) in [4.78, 5) is 5.97. The van der Waals surface area contributed by atoms with E-state index in [4.69, 9.17) is 10.7 Å². The number of benzene rings is 1. The molecule has 2 heterocycles. The molecule has 2 aromatic heterocycles. The molecule has 0 radical (unpaired) electrons. The van der Waals surface area contributed by atoms with Gasteiger partial charge in [0.05, 0.1) is 17.1 Å². The third-order valence-corrected chi connectivity index (χ3v) is 5.17. The zero-order valence-electron chi connectivity index (χ0n) is 10.8. The Morgan fingerprint density at radius 1 is 1.35 bits per heavy atom. The number of aromatic nitrogens is 2. The number of halogens is 1. The molecule has 0 spiro atoms. The lowest BCUT2D eigenvalue weighted by atomic mass is 10.2. The maximum absolute atomic E-state index is 6.44. The van der Waals surface area contributed by atoms with Crippen molar-refractivity contribution in [1.29, 1.82) is 0 Å². The van der Waals surface area contributed by atoms with Crippen molar-refractivity contribution in [2.45, 2.75) is 24.9 Å². The first-order valence-electron chi connectivity index (χ1n) is 6.70. The van der Waals surface area contributed by atoms with E-state index in [1.54, 1.807) is 11.3 Å². The van der Waals surface area contributed by atoms with Crippen LogP contribution in [0.3, 0.4) is 0 Å². The number of rotatable bonds is 3. The molecule has 3 aromatic rings. The van der Waals surface area contributed by atoms with Gasteiger partial charge in [0, 0.05) is 15.4 Å². The highest BCUT2D eigenvalue weighted by Gasteiger charge is 2.30. The standard InChI is InChI=1S/C15H14BrN3S/c16-9-3-6-12-11(8-9)18-15(19(12)10-4-5-10)14(17)13-2-1-7-20-13/h1-3,6-8,10,14H,4-5,17H2. The molecule has 1 atom stereocenters. The highest BCUT2D eigenvalue weighted by Crippen LogP contribution is 2.41. The fourth-order valence-electron chi connectivity index (χ4n) is 2.62. The summed E-state index contributed by atoms with van der Waals surface area (Å²) in [6.07, 6.45) is 2.46. The smallest absolute Gasteiger partial charge is 0.132 e. The number of thiophene rings is 1. The van der Waals surface area contributed by atoms with Crippen molar-refractivity contribution in [2.75, 3.05) is 0 Å². The van der Waals surface area contributed by atoms with Gasteiger partial charge in [-0.3, -0.25) is 0 Å². The second-order valence-corrected chi connectivity index (χ2v) is 7.09. The summed E-state index contributed by atoms with van der Waals surface area (Å²) in [5.74, 6) is 0.989. The van der Waals surface area contributed by atoms with Crippen molar-refractivity contribution in [3.63, 3.8) is 0 Å². The van der Waals surface area contributed by atoms with Gasteiger partial charge in [-0.25, -0.2) is 4.98 Å². The molecule has 0 amide bonds. The van der Waals surface area contributed by atoms with Gasteiger partial charge in [0.2, 0.25) is 0 Å². The van der Waals surface area contributed by atoms with Crippen molar-refractivity contribution in [3.05, 3.63) is 50.9 Å². The number of hydrogen-bond acceptors (Lipinski definition) is 3. The Hall–Kier alpha value is -1.17. The zero-order valence-corrected chi connectivity index (χ0v) is 13.2. The second-order valence-electron chi connectivity index (χ2n) is 5.20. The van der Waals surface area contributed by atoms with Gasteiger partial charge in [-0.05, 0) is 42.5 Å². The van der Waals surface area contributed by atoms with Crippen LogP contribution in [-0.4, -0.2) is 9.55 Å². The third kappa shape index (κ3) is 2.01. The van der Waals surface area contributed by atoms with Crippen LogP contribution in [0.5, 0.6) is 0 Å². The number of fused-ring (bicyclic) bond motifs is 1. The lowest BCUT2D eigenvalue weighted by Gasteiger charge is -2.12. The molecule has 1 unspecified atom stereocenters. The van der Waals surface area contributed by atoms with Gasteiger partial charge in [-0.2, -0.15) is 0 Å². The SMILES string of the molecule is NC(c1cccs1)c1nc2cc(Br)ccc2n1C1CC1. The normalized spacial score (nSPS) is 16.7. The first kappa shape index (κ1) is 12.6. The summed E-state index contributed by atoms with van der Waals surface area (Å²) in [6, 6.07) is 10.8. The van der Waals surface area contributed by atoms with Crippen LogP contribution in [-0.2, 0) is 0 Å². The molecule has 3 nitrogen and oxygen atoms in total. The Labute approximate surface area is 129 Å². The van der Waals surface area contributed by atoms with Crippen LogP contribution in [0.15, 0.2) is 40.2 Å². The minimum Gasteiger partial charge on any atom is -0.323 e. The minimum absolute atomic E-state index is 0.137. The Morgan fingerprint density at radius 2 is 2.20 bits per heavy atom. The van der Waals surface area contributed by atoms with Gasteiger partial charge in [0.1, 0.15) is 5.82 Å². The Bertz CT molecular complexity index is 759. The highest BCUT2D eigenvalue weighted by atomic mass is 79.9.